The molecule has 3 heterocycles. The second-order valence-electron chi connectivity index (χ2n) is 12.2. The lowest BCUT2D eigenvalue weighted by molar-refractivity contribution is -0.132. The molecule has 4 aromatic rings. The first-order valence-corrected chi connectivity index (χ1v) is 16.3. The molecule has 15 heteroatoms. The van der Waals surface area contributed by atoms with E-state index < -0.39 is 35.1 Å². The number of nitrogens with zero attached hydrogens (tertiary/aromatic N) is 5. The zero-order chi connectivity index (χ0) is 35.5. The summed E-state index contributed by atoms with van der Waals surface area (Å²) in [6, 6.07) is 10.0. The van der Waals surface area contributed by atoms with Crippen LogP contribution < -0.4 is 35.6 Å². The Kier molecular flexibility index (Phi) is 10.1. The van der Waals surface area contributed by atoms with Crippen LogP contribution in [0.1, 0.15) is 38.1 Å². The van der Waals surface area contributed by atoms with Gasteiger partial charge in [0.15, 0.2) is 17.5 Å². The number of piperazine rings is 1. The fourth-order valence-electron chi connectivity index (χ4n) is 6.46. The molecule has 0 saturated carbocycles. The van der Waals surface area contributed by atoms with E-state index in [1.54, 1.807) is 35.0 Å². The number of urea groups is 1. The number of carbonyl (C=O) groups is 2. The maximum absolute atomic E-state index is 14.5. The number of carbonyl (C=O) groups excluding carboxylic acids is 2. The maximum Gasteiger partial charge on any atom is 0.327 e. The molecule has 0 bridgehead atoms. The molecule has 2 saturated heterocycles. The van der Waals surface area contributed by atoms with E-state index >= 15 is 0 Å². The number of hydrogen-bond acceptors (Lipinski definition) is 8. The van der Waals surface area contributed by atoms with Gasteiger partial charge in [-0.3, -0.25) is 14.5 Å². The summed E-state index contributed by atoms with van der Waals surface area (Å²) >= 11 is 0. The van der Waals surface area contributed by atoms with E-state index in [1.807, 2.05) is 0 Å². The van der Waals surface area contributed by atoms with E-state index in [9.17, 15) is 27.6 Å². The molecule has 6 rings (SSSR count). The van der Waals surface area contributed by atoms with Crippen molar-refractivity contribution >= 4 is 34.2 Å². The Hall–Kier alpha value is -5.31. The molecule has 0 radical (unpaired) electrons. The minimum absolute atomic E-state index is 0.00871. The molecule has 2 aliphatic rings. The number of aromatic nitrogens is 2. The highest BCUT2D eigenvalue weighted by Crippen LogP contribution is 2.37. The Morgan fingerprint density at radius 3 is 2.38 bits per heavy atom. The Morgan fingerprint density at radius 1 is 1.00 bits per heavy atom. The third-order valence-electron chi connectivity index (χ3n) is 9.11. The first kappa shape index (κ1) is 34.5. The number of amides is 3. The summed E-state index contributed by atoms with van der Waals surface area (Å²) in [6.07, 6.45) is 2.34. The van der Waals surface area contributed by atoms with Gasteiger partial charge in [-0.25, -0.2) is 27.6 Å². The largest absolute Gasteiger partial charge is 0.497 e. The van der Waals surface area contributed by atoms with Crippen LogP contribution in [0.4, 0.5) is 29.3 Å². The number of methoxy groups -OCH3 is 2. The summed E-state index contributed by atoms with van der Waals surface area (Å²) in [5.41, 5.74) is -0.227. The highest BCUT2D eigenvalue weighted by molar-refractivity contribution is 6.03. The highest BCUT2D eigenvalue weighted by atomic mass is 19.2. The predicted molar refractivity (Wildman–Crippen MR) is 182 cm³/mol. The molecule has 0 aliphatic carbocycles. The van der Waals surface area contributed by atoms with Crippen molar-refractivity contribution < 1.29 is 32.2 Å². The van der Waals surface area contributed by atoms with Gasteiger partial charge < -0.3 is 30.0 Å². The molecule has 2 N–H and O–H groups in total. The minimum Gasteiger partial charge on any atom is -0.497 e. The first-order chi connectivity index (χ1) is 24.1. The smallest absolute Gasteiger partial charge is 0.327 e. The summed E-state index contributed by atoms with van der Waals surface area (Å²) < 4.78 is 55.0. The zero-order valence-corrected chi connectivity index (χ0v) is 27.9. The Balaban J connectivity index is 1.43. The molecule has 3 amide bonds. The maximum atomic E-state index is 14.5. The number of fused-ring (bicyclic) bond motifs is 1. The van der Waals surface area contributed by atoms with Crippen LogP contribution in [0.25, 0.3) is 10.9 Å². The van der Waals surface area contributed by atoms with E-state index in [2.05, 4.69) is 15.6 Å². The van der Waals surface area contributed by atoms with Crippen LogP contribution in [-0.2, 0) is 4.79 Å². The summed E-state index contributed by atoms with van der Waals surface area (Å²) in [7, 11) is 2.90. The Bertz CT molecular complexity index is 1940. The van der Waals surface area contributed by atoms with Crippen LogP contribution in [0, 0.1) is 17.5 Å². The summed E-state index contributed by atoms with van der Waals surface area (Å²) in [6.45, 7) is 3.59. The zero-order valence-electron chi connectivity index (χ0n) is 27.9. The molecule has 50 heavy (non-hydrogen) atoms. The molecule has 2 aliphatic heterocycles. The number of hydrogen-bond donors (Lipinski definition) is 2. The van der Waals surface area contributed by atoms with E-state index in [0.717, 1.165) is 31.5 Å². The van der Waals surface area contributed by atoms with E-state index in [4.69, 9.17) is 9.47 Å². The van der Waals surface area contributed by atoms with Crippen LogP contribution >= 0.6 is 0 Å². The minimum atomic E-state index is -1.21. The normalized spacial score (nSPS) is 16.7. The summed E-state index contributed by atoms with van der Waals surface area (Å²) in [5.74, 6) is -2.14. The van der Waals surface area contributed by atoms with Crippen molar-refractivity contribution in [3.8, 4) is 11.5 Å². The first-order valence-electron chi connectivity index (χ1n) is 16.3. The van der Waals surface area contributed by atoms with Crippen molar-refractivity contribution in [3.05, 3.63) is 88.2 Å². The topological polar surface area (TPSA) is 121 Å². The summed E-state index contributed by atoms with van der Waals surface area (Å²) in [5, 5.41) is 7.64. The highest BCUT2D eigenvalue weighted by Gasteiger charge is 2.33. The number of ether oxygens (including phenoxy) is 2. The number of benzene rings is 3. The van der Waals surface area contributed by atoms with Crippen LogP contribution in [0.5, 0.6) is 11.5 Å². The molecule has 1 aromatic heterocycles. The number of halogens is 3. The fraction of sp³-hybridized carbons (Fsp3) is 0.371. The van der Waals surface area contributed by atoms with E-state index in [0.29, 0.717) is 25.3 Å². The number of rotatable bonds is 9. The fourth-order valence-corrected chi connectivity index (χ4v) is 6.46. The molecule has 2 fully saturated rings. The van der Waals surface area contributed by atoms with Gasteiger partial charge in [0, 0.05) is 43.4 Å². The third kappa shape index (κ3) is 7.04. The van der Waals surface area contributed by atoms with E-state index in [-0.39, 0.29) is 58.9 Å². The SMILES string of the molecule is COc1ccc(N(C(=O)Nc2ccc(F)cc2)C(C)c2nc3cc(F)c(F)cc3c(=O)n2N2CCN(C(=O)C[C@@H]3CCCN3)CC2)c(OC)c1. The van der Waals surface area contributed by atoms with Gasteiger partial charge in [0.1, 0.15) is 17.3 Å². The standard InChI is InChI=1S/C35H38F3N7O5/c1-21(44(30-11-10-25(49-2)18-31(30)50-3)35(48)40-23-8-6-22(36)7-9-23)33-41-29-20-28(38)27(37)19-26(29)34(47)45(33)43-15-13-42(14-16-43)32(46)17-24-5-4-12-39-24/h6-11,18-21,24,39H,4-5,12-17H2,1-3H3,(H,40,48)/t21?,24-/m0/s1. The molecule has 2 atom stereocenters. The second-order valence-corrected chi connectivity index (χ2v) is 12.2. The quantitative estimate of drug-likeness (QED) is 0.262. The second kappa shape index (κ2) is 14.7. The van der Waals surface area contributed by atoms with Gasteiger partial charge in [-0.1, -0.05) is 0 Å². The lowest BCUT2D eigenvalue weighted by atomic mass is 10.1. The number of anilines is 2. The van der Waals surface area contributed by atoms with Crippen LogP contribution in [0.3, 0.4) is 0 Å². The van der Waals surface area contributed by atoms with Crippen LogP contribution in [0.15, 0.2) is 59.4 Å². The van der Waals surface area contributed by atoms with Crippen molar-refractivity contribution in [1.82, 2.24) is 19.9 Å². The average molecular weight is 694 g/mol. The van der Waals surface area contributed by atoms with Crippen LogP contribution in [0.2, 0.25) is 0 Å². The van der Waals surface area contributed by atoms with Gasteiger partial charge in [-0.2, -0.15) is 0 Å². The average Bonchev–Trinajstić information content (AvgIpc) is 3.63. The van der Waals surface area contributed by atoms with Crippen molar-refractivity contribution in [3.63, 3.8) is 0 Å². The molecule has 12 nitrogen and oxygen atoms in total. The monoisotopic (exact) mass is 693 g/mol. The van der Waals surface area contributed by atoms with Gasteiger partial charge in [-0.05, 0) is 68.8 Å². The van der Waals surface area contributed by atoms with Crippen molar-refractivity contribution in [1.29, 1.82) is 0 Å². The van der Waals surface area contributed by atoms with Gasteiger partial charge in [0.2, 0.25) is 5.91 Å². The lowest BCUT2D eigenvalue weighted by Gasteiger charge is -2.39. The van der Waals surface area contributed by atoms with Gasteiger partial charge in [0.25, 0.3) is 5.56 Å². The molecular weight excluding hydrogens is 655 g/mol. The van der Waals surface area contributed by atoms with Crippen molar-refractivity contribution in [2.24, 2.45) is 0 Å². The molecule has 1 unspecified atom stereocenters. The van der Waals surface area contributed by atoms with Crippen LogP contribution in [-0.4, -0.2) is 79.5 Å². The van der Waals surface area contributed by atoms with E-state index in [1.165, 1.54) is 48.1 Å². The third-order valence-corrected chi connectivity index (χ3v) is 9.11. The lowest BCUT2D eigenvalue weighted by Crippen LogP contribution is -2.57. The molecule has 264 valence electrons. The number of nitrogens with one attached hydrogen (secondary N) is 2. The molecule has 0 spiro atoms. The Labute approximate surface area is 286 Å². The predicted octanol–water partition coefficient (Wildman–Crippen LogP) is 4.55. The van der Waals surface area contributed by atoms with Gasteiger partial charge in [-0.15, -0.1) is 0 Å². The Morgan fingerprint density at radius 2 is 1.72 bits per heavy atom. The summed E-state index contributed by atoms with van der Waals surface area (Å²) in [4.78, 5) is 49.2. The molecular formula is C35H38F3N7O5. The van der Waals surface area contributed by atoms with Crippen molar-refractivity contribution in [2.75, 3.05) is 62.2 Å². The van der Waals surface area contributed by atoms with Gasteiger partial charge >= 0.3 is 6.03 Å². The molecule has 3 aromatic carbocycles. The van der Waals surface area contributed by atoms with Gasteiger partial charge in [0.05, 0.1) is 49.9 Å². The van der Waals surface area contributed by atoms with Crippen molar-refractivity contribution in [2.45, 2.75) is 38.3 Å².